The molecule has 0 unspecified atom stereocenters. The molecule has 1 aromatic carbocycles. The van der Waals surface area contributed by atoms with Gasteiger partial charge < -0.3 is 9.73 Å². The lowest BCUT2D eigenvalue weighted by Gasteiger charge is -2.19. The highest BCUT2D eigenvalue weighted by Gasteiger charge is 2.23. The van der Waals surface area contributed by atoms with Crippen LogP contribution in [0.3, 0.4) is 0 Å². The third-order valence-electron chi connectivity index (χ3n) is 3.05. The molecule has 0 saturated heterocycles. The molecule has 0 saturated carbocycles. The number of anilines is 1. The number of benzene rings is 1. The fourth-order valence-electron chi connectivity index (χ4n) is 1.89. The first kappa shape index (κ1) is 14.6. The molecule has 0 aliphatic heterocycles. The molecule has 1 heterocycles. The van der Waals surface area contributed by atoms with E-state index in [9.17, 15) is 8.42 Å². The second-order valence-electron chi connectivity index (χ2n) is 4.28. The van der Waals surface area contributed by atoms with Crippen molar-refractivity contribution in [3.05, 3.63) is 48.4 Å². The van der Waals surface area contributed by atoms with Crippen molar-refractivity contribution < 1.29 is 12.8 Å². The summed E-state index contributed by atoms with van der Waals surface area (Å²) in [7, 11) is -1.72. The number of nitrogens with one attached hydrogen (secondary N) is 1. The zero-order valence-electron chi connectivity index (χ0n) is 11.5. The topological polar surface area (TPSA) is 62.6 Å². The van der Waals surface area contributed by atoms with Crippen LogP contribution in [0.4, 0.5) is 5.69 Å². The number of furan rings is 1. The van der Waals surface area contributed by atoms with Crippen LogP contribution in [0.5, 0.6) is 0 Å². The van der Waals surface area contributed by atoms with Crippen molar-refractivity contribution in [2.75, 3.05) is 18.9 Å². The van der Waals surface area contributed by atoms with Crippen molar-refractivity contribution in [2.24, 2.45) is 0 Å². The zero-order chi connectivity index (χ0) is 14.6. The predicted octanol–water partition coefficient (Wildman–Crippen LogP) is 2.53. The molecule has 0 spiro atoms. The minimum Gasteiger partial charge on any atom is -0.468 e. The summed E-state index contributed by atoms with van der Waals surface area (Å²) in [4.78, 5) is 0.282. The van der Waals surface area contributed by atoms with Gasteiger partial charge >= 0.3 is 0 Å². The van der Waals surface area contributed by atoms with E-state index < -0.39 is 10.0 Å². The van der Waals surface area contributed by atoms with E-state index in [2.05, 4.69) is 5.32 Å². The van der Waals surface area contributed by atoms with Crippen LogP contribution in [0, 0.1) is 0 Å². The van der Waals surface area contributed by atoms with Crippen molar-refractivity contribution in [2.45, 2.75) is 18.4 Å². The Labute approximate surface area is 119 Å². The molecule has 0 bridgehead atoms. The summed E-state index contributed by atoms with van der Waals surface area (Å²) in [5, 5.41) is 2.96. The highest BCUT2D eigenvalue weighted by Crippen LogP contribution is 2.20. The molecular weight excluding hydrogens is 276 g/mol. The van der Waals surface area contributed by atoms with Gasteiger partial charge in [-0.25, -0.2) is 8.42 Å². The molecule has 1 aromatic heterocycles. The van der Waals surface area contributed by atoms with Gasteiger partial charge in [-0.15, -0.1) is 0 Å². The van der Waals surface area contributed by atoms with Crippen LogP contribution in [0.25, 0.3) is 0 Å². The van der Waals surface area contributed by atoms with Gasteiger partial charge in [-0.1, -0.05) is 6.92 Å². The van der Waals surface area contributed by atoms with Crippen molar-refractivity contribution in [3.8, 4) is 0 Å². The second-order valence-corrected chi connectivity index (χ2v) is 6.22. The lowest BCUT2D eigenvalue weighted by atomic mass is 10.3. The Hall–Kier alpha value is -1.79. The molecule has 20 heavy (non-hydrogen) atoms. The minimum absolute atomic E-state index is 0.236. The van der Waals surface area contributed by atoms with Crippen LogP contribution in [0.1, 0.15) is 12.7 Å². The largest absolute Gasteiger partial charge is 0.468 e. The first-order valence-corrected chi connectivity index (χ1v) is 7.82. The van der Waals surface area contributed by atoms with Gasteiger partial charge in [-0.3, -0.25) is 0 Å². The maximum absolute atomic E-state index is 12.6. The van der Waals surface area contributed by atoms with Gasteiger partial charge in [-0.2, -0.15) is 4.31 Å². The first-order chi connectivity index (χ1) is 9.57. The summed E-state index contributed by atoms with van der Waals surface area (Å²) in [5.74, 6) is 0.627. The molecule has 0 radical (unpaired) electrons. The highest BCUT2D eigenvalue weighted by molar-refractivity contribution is 7.89. The Balaban J connectivity index is 2.26. The fourth-order valence-corrected chi connectivity index (χ4v) is 3.30. The summed E-state index contributed by atoms with van der Waals surface area (Å²) < 4.78 is 31.7. The van der Waals surface area contributed by atoms with E-state index in [4.69, 9.17) is 4.42 Å². The van der Waals surface area contributed by atoms with Gasteiger partial charge in [0.15, 0.2) is 0 Å². The third-order valence-corrected chi connectivity index (χ3v) is 4.98. The van der Waals surface area contributed by atoms with Crippen LogP contribution in [-0.2, 0) is 16.6 Å². The molecule has 6 heteroatoms. The molecule has 2 rings (SSSR count). The van der Waals surface area contributed by atoms with Crippen LogP contribution in [-0.4, -0.2) is 26.3 Å². The molecule has 0 aliphatic carbocycles. The highest BCUT2D eigenvalue weighted by atomic mass is 32.2. The monoisotopic (exact) mass is 294 g/mol. The number of hydrogen-bond acceptors (Lipinski definition) is 4. The molecule has 0 fully saturated rings. The number of hydrogen-bond donors (Lipinski definition) is 1. The lowest BCUT2D eigenvalue weighted by molar-refractivity contribution is 0.375. The molecule has 0 aliphatic rings. The van der Waals surface area contributed by atoms with E-state index in [0.29, 0.717) is 12.3 Å². The van der Waals surface area contributed by atoms with Gasteiger partial charge in [0, 0.05) is 19.3 Å². The van der Waals surface area contributed by atoms with E-state index >= 15 is 0 Å². The molecule has 108 valence electrons. The first-order valence-electron chi connectivity index (χ1n) is 6.38. The summed E-state index contributed by atoms with van der Waals surface area (Å²) in [6.45, 7) is 2.43. The van der Waals surface area contributed by atoms with Gasteiger partial charge in [-0.05, 0) is 36.4 Å². The normalized spacial score (nSPS) is 11.8. The lowest BCUT2D eigenvalue weighted by Crippen LogP contribution is -2.30. The van der Waals surface area contributed by atoms with Crippen LogP contribution < -0.4 is 5.32 Å². The van der Waals surface area contributed by atoms with Gasteiger partial charge in [0.1, 0.15) is 5.76 Å². The molecular formula is C14H18N2O3S. The minimum atomic E-state index is -3.51. The average Bonchev–Trinajstić information content (AvgIpc) is 2.97. The maximum atomic E-state index is 12.6. The predicted molar refractivity (Wildman–Crippen MR) is 78.0 cm³/mol. The molecule has 2 aromatic rings. The molecule has 1 N–H and O–H groups in total. The quantitative estimate of drug-likeness (QED) is 0.889. The smallest absolute Gasteiger partial charge is 0.243 e. The van der Waals surface area contributed by atoms with E-state index in [1.165, 1.54) is 10.6 Å². The molecule has 0 amide bonds. The van der Waals surface area contributed by atoms with Gasteiger partial charge in [0.2, 0.25) is 10.0 Å². The standard InChI is InChI=1S/C14H18N2O3S/c1-3-16(11-13-5-4-10-19-13)20(17,18)14-8-6-12(15-2)7-9-14/h4-10,15H,3,11H2,1-2H3. The Morgan fingerprint density at radius 3 is 2.40 bits per heavy atom. The molecule has 0 atom stereocenters. The Bertz CT molecular complexity index is 634. The van der Waals surface area contributed by atoms with Crippen molar-refractivity contribution in [1.29, 1.82) is 0 Å². The number of rotatable bonds is 6. The van der Waals surface area contributed by atoms with Crippen molar-refractivity contribution in [3.63, 3.8) is 0 Å². The van der Waals surface area contributed by atoms with Crippen molar-refractivity contribution >= 4 is 15.7 Å². The number of nitrogens with zero attached hydrogens (tertiary/aromatic N) is 1. The Morgan fingerprint density at radius 2 is 1.90 bits per heavy atom. The summed E-state index contributed by atoms with van der Waals surface area (Å²) in [5.41, 5.74) is 0.873. The second kappa shape index (κ2) is 6.11. The fraction of sp³-hybridized carbons (Fsp3) is 0.286. The van der Waals surface area contributed by atoms with Crippen LogP contribution in [0.15, 0.2) is 52.0 Å². The van der Waals surface area contributed by atoms with E-state index in [1.54, 1.807) is 43.4 Å². The number of sulfonamides is 1. The summed E-state index contributed by atoms with van der Waals surface area (Å²) >= 11 is 0. The van der Waals surface area contributed by atoms with Gasteiger partial charge in [0.25, 0.3) is 0 Å². The molecule has 5 nitrogen and oxygen atoms in total. The Morgan fingerprint density at radius 1 is 1.20 bits per heavy atom. The van der Waals surface area contributed by atoms with Crippen LogP contribution in [0.2, 0.25) is 0 Å². The third kappa shape index (κ3) is 3.02. The summed E-state index contributed by atoms with van der Waals surface area (Å²) in [6, 6.07) is 10.2. The van der Waals surface area contributed by atoms with E-state index in [0.717, 1.165) is 5.69 Å². The van der Waals surface area contributed by atoms with Gasteiger partial charge in [0.05, 0.1) is 17.7 Å². The maximum Gasteiger partial charge on any atom is 0.243 e. The van der Waals surface area contributed by atoms with E-state index in [-0.39, 0.29) is 11.4 Å². The summed E-state index contributed by atoms with van der Waals surface area (Å²) in [6.07, 6.45) is 1.54. The van der Waals surface area contributed by atoms with Crippen LogP contribution >= 0.6 is 0 Å². The average molecular weight is 294 g/mol. The zero-order valence-corrected chi connectivity index (χ0v) is 12.4. The van der Waals surface area contributed by atoms with E-state index in [1.807, 2.05) is 6.92 Å². The van der Waals surface area contributed by atoms with Crippen molar-refractivity contribution in [1.82, 2.24) is 4.31 Å². The SMILES string of the molecule is CCN(Cc1ccco1)S(=O)(=O)c1ccc(NC)cc1. The Kier molecular flexibility index (Phi) is 4.46.